The second-order valence-corrected chi connectivity index (χ2v) is 5.32. The number of fused-ring (bicyclic) bond motifs is 1. The largest absolute Gasteiger partial charge is 0.393 e. The van der Waals surface area contributed by atoms with Gasteiger partial charge in [-0.2, -0.15) is 39.5 Å². The number of hydrogen-bond acceptors (Lipinski definition) is 0. The summed E-state index contributed by atoms with van der Waals surface area (Å²) in [5.41, 5.74) is -2.35. The Morgan fingerprint density at radius 1 is 0.708 bits per heavy atom. The lowest BCUT2D eigenvalue weighted by atomic mass is 9.93. The summed E-state index contributed by atoms with van der Waals surface area (Å²) in [6, 6.07) is 1.69. The molecule has 0 aliphatic rings. The van der Waals surface area contributed by atoms with Crippen molar-refractivity contribution in [3.8, 4) is 0 Å². The molecule has 0 spiro atoms. The molecule has 134 valence electrons. The van der Waals surface area contributed by atoms with Crippen LogP contribution in [0.4, 0.5) is 39.5 Å². The molecule has 1 heterocycles. The van der Waals surface area contributed by atoms with Crippen LogP contribution in [0.2, 0.25) is 0 Å². The molecular weight excluding hydrogens is 353 g/mol. The first-order valence-corrected chi connectivity index (χ1v) is 6.56. The summed E-state index contributed by atoms with van der Waals surface area (Å²) in [7, 11) is 0. The molecule has 1 aromatic carbocycles. The Morgan fingerprint density at radius 3 is 1.71 bits per heavy atom. The van der Waals surface area contributed by atoms with Gasteiger partial charge in [0.25, 0.3) is 0 Å². The number of aromatic nitrogens is 1. The van der Waals surface area contributed by atoms with Crippen molar-refractivity contribution in [1.29, 1.82) is 0 Å². The van der Waals surface area contributed by atoms with Crippen molar-refractivity contribution in [3.05, 3.63) is 35.0 Å². The second kappa shape index (κ2) is 5.89. The molecule has 1 nitrogen and oxygen atoms in total. The number of alkyl halides is 9. The number of halogens is 9. The molecule has 0 bridgehead atoms. The highest BCUT2D eigenvalue weighted by molar-refractivity contribution is 5.87. The lowest BCUT2D eigenvalue weighted by molar-refractivity contribution is -0.132. The Kier molecular flexibility index (Phi) is 4.53. The van der Waals surface area contributed by atoms with Crippen molar-refractivity contribution in [3.63, 3.8) is 0 Å². The van der Waals surface area contributed by atoms with Gasteiger partial charge in [-0.25, -0.2) is 0 Å². The molecule has 2 rings (SSSR count). The van der Waals surface area contributed by atoms with Crippen LogP contribution in [0.3, 0.4) is 0 Å². The molecule has 0 saturated heterocycles. The maximum atomic E-state index is 12.7. The smallest absolute Gasteiger partial charge is 0.361 e. The highest BCUT2D eigenvalue weighted by Crippen LogP contribution is 2.36. The third-order valence-corrected chi connectivity index (χ3v) is 3.29. The summed E-state index contributed by atoms with van der Waals surface area (Å²) in [5.74, 6) is 0. The lowest BCUT2D eigenvalue weighted by Gasteiger charge is -2.18. The molecule has 0 fully saturated rings. The van der Waals surface area contributed by atoms with Crippen molar-refractivity contribution in [2.24, 2.45) is 0 Å². The molecule has 0 aliphatic heterocycles. The van der Waals surface area contributed by atoms with Gasteiger partial charge in [-0.15, -0.1) is 0 Å². The van der Waals surface area contributed by atoms with Crippen LogP contribution in [0.1, 0.15) is 16.7 Å². The molecule has 1 N–H and O–H groups in total. The summed E-state index contributed by atoms with van der Waals surface area (Å²) in [6.07, 6.45) is -18.2. The van der Waals surface area contributed by atoms with Gasteiger partial charge in [0.2, 0.25) is 0 Å². The molecule has 2 aromatic rings. The first kappa shape index (κ1) is 18.5. The van der Waals surface area contributed by atoms with E-state index in [1.807, 2.05) is 0 Å². The predicted octanol–water partition coefficient (Wildman–Crippen LogP) is 5.48. The molecule has 0 atom stereocenters. The maximum Gasteiger partial charge on any atom is 0.393 e. The van der Waals surface area contributed by atoms with Crippen molar-refractivity contribution in [1.82, 2.24) is 4.98 Å². The number of nitrogens with one attached hydrogen (secondary N) is 1. The second-order valence-electron chi connectivity index (χ2n) is 5.32. The fraction of sp³-hybridized carbons (Fsp3) is 0.429. The molecule has 0 radical (unpaired) electrons. The average molecular weight is 363 g/mol. The molecule has 0 unspecified atom stereocenters. The maximum absolute atomic E-state index is 12.7. The topological polar surface area (TPSA) is 15.8 Å². The molecule has 24 heavy (non-hydrogen) atoms. The van der Waals surface area contributed by atoms with Crippen molar-refractivity contribution < 1.29 is 39.5 Å². The SMILES string of the molecule is FC(F)(F)Cc1cc(CC(F)(F)F)c2cc[nH]c2c1CC(F)(F)F. The van der Waals surface area contributed by atoms with Gasteiger partial charge in [-0.3, -0.25) is 0 Å². The minimum atomic E-state index is -4.85. The summed E-state index contributed by atoms with van der Waals surface area (Å²) in [6.45, 7) is 0. The highest BCUT2D eigenvalue weighted by atomic mass is 19.4. The van der Waals surface area contributed by atoms with Gasteiger partial charge in [0.05, 0.1) is 19.3 Å². The van der Waals surface area contributed by atoms with E-state index < -0.39 is 54.5 Å². The van der Waals surface area contributed by atoms with Gasteiger partial charge in [0.15, 0.2) is 0 Å². The van der Waals surface area contributed by atoms with E-state index in [1.54, 1.807) is 0 Å². The fourth-order valence-corrected chi connectivity index (χ4v) is 2.56. The van der Waals surface area contributed by atoms with E-state index in [9.17, 15) is 39.5 Å². The fourth-order valence-electron chi connectivity index (χ4n) is 2.56. The third-order valence-electron chi connectivity index (χ3n) is 3.29. The predicted molar refractivity (Wildman–Crippen MR) is 67.6 cm³/mol. The van der Waals surface area contributed by atoms with Crippen LogP contribution < -0.4 is 0 Å². The molecule has 0 aliphatic carbocycles. The van der Waals surface area contributed by atoms with Crippen molar-refractivity contribution in [2.45, 2.75) is 37.8 Å². The minimum absolute atomic E-state index is 0.169. The number of rotatable bonds is 3. The van der Waals surface area contributed by atoms with Crippen LogP contribution in [0.5, 0.6) is 0 Å². The van der Waals surface area contributed by atoms with Crippen LogP contribution in [0, 0.1) is 0 Å². The standard InChI is InChI=1S/C14H10F9N/c15-12(16,17)4-7-3-8(5-13(18,19)20)10(6-14(21,22)23)11-9(7)1-2-24-11/h1-3,24H,4-6H2. The van der Waals surface area contributed by atoms with Gasteiger partial charge in [0, 0.05) is 17.1 Å². The molecule has 0 saturated carbocycles. The Labute approximate surface area is 129 Å². The van der Waals surface area contributed by atoms with Crippen LogP contribution in [0.15, 0.2) is 18.3 Å². The molecule has 10 heteroatoms. The van der Waals surface area contributed by atoms with E-state index in [-0.39, 0.29) is 10.9 Å². The summed E-state index contributed by atoms with van der Waals surface area (Å²) in [4.78, 5) is 2.33. The molecule has 1 aromatic heterocycles. The van der Waals surface area contributed by atoms with Gasteiger partial charge in [0.1, 0.15) is 0 Å². The average Bonchev–Trinajstić information content (AvgIpc) is 2.77. The Balaban J connectivity index is 2.66. The quantitative estimate of drug-likeness (QED) is 0.695. The van der Waals surface area contributed by atoms with Crippen molar-refractivity contribution >= 4 is 10.9 Å². The number of hydrogen-bond donors (Lipinski definition) is 1. The van der Waals surface area contributed by atoms with Gasteiger partial charge < -0.3 is 4.98 Å². The van der Waals surface area contributed by atoms with E-state index in [4.69, 9.17) is 0 Å². The zero-order chi connectivity index (χ0) is 18.3. The summed E-state index contributed by atoms with van der Waals surface area (Å²) < 4.78 is 114. The number of aromatic amines is 1. The summed E-state index contributed by atoms with van der Waals surface area (Å²) >= 11 is 0. The van der Waals surface area contributed by atoms with E-state index in [1.165, 1.54) is 0 Å². The van der Waals surface area contributed by atoms with E-state index >= 15 is 0 Å². The van der Waals surface area contributed by atoms with E-state index in [0.717, 1.165) is 12.3 Å². The first-order chi connectivity index (χ1) is 10.8. The minimum Gasteiger partial charge on any atom is -0.361 e. The van der Waals surface area contributed by atoms with Crippen LogP contribution >= 0.6 is 0 Å². The van der Waals surface area contributed by atoms with Crippen LogP contribution in [0.25, 0.3) is 10.9 Å². The monoisotopic (exact) mass is 363 g/mol. The third kappa shape index (κ3) is 4.81. The number of H-pyrrole nitrogens is 1. The zero-order valence-electron chi connectivity index (χ0n) is 11.8. The summed E-state index contributed by atoms with van der Waals surface area (Å²) in [5, 5.41) is -0.169. The zero-order valence-corrected chi connectivity index (χ0v) is 11.8. The van der Waals surface area contributed by atoms with Crippen LogP contribution in [-0.2, 0) is 19.3 Å². The van der Waals surface area contributed by atoms with Gasteiger partial charge in [-0.05, 0) is 22.8 Å². The van der Waals surface area contributed by atoms with Crippen LogP contribution in [-0.4, -0.2) is 23.5 Å². The van der Waals surface area contributed by atoms with Gasteiger partial charge >= 0.3 is 18.5 Å². The van der Waals surface area contributed by atoms with Crippen molar-refractivity contribution in [2.75, 3.05) is 0 Å². The Bertz CT molecular complexity index is 719. The van der Waals surface area contributed by atoms with E-state index in [2.05, 4.69) is 4.98 Å². The number of benzene rings is 1. The Hall–Kier alpha value is -1.87. The molecule has 0 amide bonds. The van der Waals surface area contributed by atoms with Gasteiger partial charge in [-0.1, -0.05) is 6.07 Å². The van der Waals surface area contributed by atoms with E-state index in [0.29, 0.717) is 6.07 Å². The lowest BCUT2D eigenvalue weighted by Crippen LogP contribution is -2.19. The first-order valence-electron chi connectivity index (χ1n) is 6.56. The molecular formula is C14H10F9N. The Morgan fingerprint density at radius 2 is 1.21 bits per heavy atom. The highest BCUT2D eigenvalue weighted by Gasteiger charge is 2.36. The normalized spacial score (nSPS) is 13.7.